The second kappa shape index (κ2) is 4.33. The summed E-state index contributed by atoms with van der Waals surface area (Å²) >= 11 is 0. The highest BCUT2D eigenvalue weighted by Gasteiger charge is 2.63. The summed E-state index contributed by atoms with van der Waals surface area (Å²) in [5.74, 6) is 0. The van der Waals surface area contributed by atoms with Gasteiger partial charge in [0.25, 0.3) is 0 Å². The third kappa shape index (κ3) is 1.57. The van der Waals surface area contributed by atoms with E-state index in [-0.39, 0.29) is 12.2 Å². The van der Waals surface area contributed by atoms with Crippen LogP contribution in [0.4, 0.5) is 0 Å². The molecule has 0 amide bonds. The zero-order valence-corrected chi connectivity index (χ0v) is 11.2. The minimum Gasteiger partial charge on any atom is -0.383 e. The maximum atomic E-state index is 11.3. The monoisotopic (exact) mass is 257 g/mol. The van der Waals surface area contributed by atoms with Crippen molar-refractivity contribution in [1.82, 2.24) is 0 Å². The van der Waals surface area contributed by atoms with Crippen LogP contribution in [0.15, 0.2) is 30.3 Å². The van der Waals surface area contributed by atoms with E-state index < -0.39 is 11.0 Å². The van der Waals surface area contributed by atoms with Gasteiger partial charge in [-0.3, -0.25) is 0 Å². The van der Waals surface area contributed by atoms with Gasteiger partial charge in [0, 0.05) is 0 Å². The van der Waals surface area contributed by atoms with Crippen LogP contribution in [-0.4, -0.2) is 17.3 Å². The molecule has 2 fully saturated rings. The molecule has 2 aliphatic heterocycles. The van der Waals surface area contributed by atoms with Gasteiger partial charge in [-0.05, 0) is 31.2 Å². The van der Waals surface area contributed by atoms with Crippen LogP contribution in [0.2, 0.25) is 0 Å². The fourth-order valence-corrected chi connectivity index (χ4v) is 3.85. The lowest BCUT2D eigenvalue weighted by Gasteiger charge is -2.43. The van der Waals surface area contributed by atoms with Gasteiger partial charge in [0.15, 0.2) is 0 Å². The van der Waals surface area contributed by atoms with Crippen LogP contribution in [0, 0.1) is 16.7 Å². The summed E-state index contributed by atoms with van der Waals surface area (Å²) in [6, 6.07) is 12.0. The van der Waals surface area contributed by atoms with Gasteiger partial charge in [-0.2, -0.15) is 5.26 Å². The Labute approximate surface area is 113 Å². The lowest BCUT2D eigenvalue weighted by Crippen LogP contribution is -2.50. The van der Waals surface area contributed by atoms with Gasteiger partial charge in [-0.15, -0.1) is 0 Å². The quantitative estimate of drug-likeness (QED) is 0.905. The Hall–Kier alpha value is -1.37. The highest BCUT2D eigenvalue weighted by atomic mass is 16.5. The van der Waals surface area contributed by atoms with Crippen LogP contribution in [0.25, 0.3) is 0 Å². The molecule has 3 rings (SSSR count). The van der Waals surface area contributed by atoms with Crippen molar-refractivity contribution in [3.63, 3.8) is 0 Å². The first-order chi connectivity index (χ1) is 9.16. The summed E-state index contributed by atoms with van der Waals surface area (Å²) in [7, 11) is 0. The molecular weight excluding hydrogens is 238 g/mol. The minimum absolute atomic E-state index is 0.132. The van der Waals surface area contributed by atoms with Crippen LogP contribution in [0.1, 0.15) is 38.2 Å². The second-order valence-electron chi connectivity index (χ2n) is 5.69. The molecule has 1 aromatic carbocycles. The van der Waals surface area contributed by atoms with Crippen LogP contribution in [0.5, 0.6) is 0 Å². The van der Waals surface area contributed by atoms with Gasteiger partial charge in [0.05, 0.1) is 18.3 Å². The minimum atomic E-state index is -1.12. The normalized spacial score (nSPS) is 35.8. The van der Waals surface area contributed by atoms with E-state index in [1.807, 2.05) is 37.3 Å². The number of hydrogen-bond donors (Lipinski definition) is 1. The standard InChI is InChI=1S/C16H19NO2/c1-2-16(18,12-6-4-3-5-7-12)15(11-17)10-13-8-9-14(15)19-13/h3-7,13-14,18H,2,8-10H2,1H3. The average Bonchev–Trinajstić information content (AvgIpc) is 3.08. The average molecular weight is 257 g/mol. The first-order valence-electron chi connectivity index (χ1n) is 7.01. The molecule has 0 radical (unpaired) electrons. The molecule has 4 unspecified atom stereocenters. The van der Waals surface area contributed by atoms with Crippen molar-refractivity contribution < 1.29 is 9.84 Å². The van der Waals surface area contributed by atoms with E-state index in [4.69, 9.17) is 4.74 Å². The SMILES string of the molecule is CCC(O)(c1ccccc1)C1(C#N)CC2CCC1O2. The number of benzene rings is 1. The smallest absolute Gasteiger partial charge is 0.119 e. The molecule has 0 saturated carbocycles. The zero-order valence-electron chi connectivity index (χ0n) is 11.2. The Morgan fingerprint density at radius 2 is 2.16 bits per heavy atom. The van der Waals surface area contributed by atoms with Crippen LogP contribution in [-0.2, 0) is 10.3 Å². The maximum absolute atomic E-state index is 11.3. The second-order valence-corrected chi connectivity index (χ2v) is 5.69. The molecule has 3 nitrogen and oxygen atoms in total. The van der Waals surface area contributed by atoms with E-state index in [9.17, 15) is 10.4 Å². The third-order valence-electron chi connectivity index (χ3n) is 4.91. The number of hydrogen-bond acceptors (Lipinski definition) is 3. The van der Waals surface area contributed by atoms with Crippen molar-refractivity contribution in [3.8, 4) is 6.07 Å². The first-order valence-corrected chi connectivity index (χ1v) is 7.01. The number of aliphatic hydroxyl groups is 1. The van der Waals surface area contributed by atoms with Crippen molar-refractivity contribution >= 4 is 0 Å². The van der Waals surface area contributed by atoms with Crippen LogP contribution >= 0.6 is 0 Å². The summed E-state index contributed by atoms with van der Waals surface area (Å²) in [4.78, 5) is 0. The van der Waals surface area contributed by atoms with Gasteiger partial charge >= 0.3 is 0 Å². The number of nitriles is 1. The highest BCUT2D eigenvalue weighted by molar-refractivity contribution is 5.32. The largest absolute Gasteiger partial charge is 0.383 e. The molecule has 3 heteroatoms. The summed E-state index contributed by atoms with van der Waals surface area (Å²) in [6.07, 6.45) is 3.08. The van der Waals surface area contributed by atoms with E-state index in [0.717, 1.165) is 18.4 Å². The number of fused-ring (bicyclic) bond motifs is 2. The zero-order chi connectivity index (χ0) is 13.5. The van der Waals surface area contributed by atoms with Crippen molar-refractivity contribution in [1.29, 1.82) is 5.26 Å². The van der Waals surface area contributed by atoms with E-state index in [1.54, 1.807) is 0 Å². The Balaban J connectivity index is 2.09. The molecule has 0 aromatic heterocycles. The maximum Gasteiger partial charge on any atom is 0.119 e. The molecule has 0 spiro atoms. The molecule has 1 aromatic rings. The Bertz CT molecular complexity index is 509. The number of rotatable bonds is 3. The third-order valence-corrected chi connectivity index (χ3v) is 4.91. The van der Waals surface area contributed by atoms with Crippen molar-refractivity contribution in [2.75, 3.05) is 0 Å². The van der Waals surface area contributed by atoms with Crippen LogP contribution < -0.4 is 0 Å². The fourth-order valence-electron chi connectivity index (χ4n) is 3.85. The van der Waals surface area contributed by atoms with Crippen molar-refractivity contribution in [2.45, 2.75) is 50.4 Å². The Morgan fingerprint density at radius 3 is 2.63 bits per heavy atom. The number of ether oxygens (including phenoxy) is 1. The molecule has 4 atom stereocenters. The first kappa shape index (κ1) is 12.7. The topological polar surface area (TPSA) is 53.2 Å². The van der Waals surface area contributed by atoms with E-state index in [2.05, 4.69) is 6.07 Å². The van der Waals surface area contributed by atoms with Gasteiger partial charge in [0.2, 0.25) is 0 Å². The molecular formula is C16H19NO2. The summed E-state index contributed by atoms with van der Waals surface area (Å²) in [6.45, 7) is 1.94. The Morgan fingerprint density at radius 1 is 1.42 bits per heavy atom. The van der Waals surface area contributed by atoms with Gasteiger partial charge in [-0.1, -0.05) is 37.3 Å². The predicted octanol–water partition coefficient (Wildman–Crippen LogP) is 2.75. The van der Waals surface area contributed by atoms with Crippen LogP contribution in [0.3, 0.4) is 0 Å². The molecule has 2 saturated heterocycles. The molecule has 1 N–H and O–H groups in total. The molecule has 19 heavy (non-hydrogen) atoms. The van der Waals surface area contributed by atoms with Gasteiger partial charge in [0.1, 0.15) is 11.0 Å². The molecule has 0 aliphatic carbocycles. The van der Waals surface area contributed by atoms with E-state index in [1.165, 1.54) is 0 Å². The van der Waals surface area contributed by atoms with Crippen molar-refractivity contribution in [2.24, 2.45) is 5.41 Å². The van der Waals surface area contributed by atoms with Crippen molar-refractivity contribution in [3.05, 3.63) is 35.9 Å². The van der Waals surface area contributed by atoms with Gasteiger partial charge < -0.3 is 9.84 Å². The number of nitrogens with zero attached hydrogens (tertiary/aromatic N) is 1. The summed E-state index contributed by atoms with van der Waals surface area (Å²) in [5, 5.41) is 21.0. The molecule has 2 heterocycles. The lowest BCUT2D eigenvalue weighted by molar-refractivity contribution is -0.0941. The highest BCUT2D eigenvalue weighted by Crippen LogP contribution is 2.57. The molecule has 2 bridgehead atoms. The Kier molecular flexibility index (Phi) is 2.88. The van der Waals surface area contributed by atoms with E-state index in [0.29, 0.717) is 12.8 Å². The summed E-state index contributed by atoms with van der Waals surface area (Å²) < 4.78 is 5.87. The van der Waals surface area contributed by atoms with E-state index >= 15 is 0 Å². The molecule has 2 aliphatic rings. The summed E-state index contributed by atoms with van der Waals surface area (Å²) in [5.41, 5.74) is -1.09. The van der Waals surface area contributed by atoms with Gasteiger partial charge in [-0.25, -0.2) is 0 Å². The fraction of sp³-hybridized carbons (Fsp3) is 0.562. The molecule has 100 valence electrons. The predicted molar refractivity (Wildman–Crippen MR) is 71.2 cm³/mol. The lowest BCUT2D eigenvalue weighted by atomic mass is 9.60.